The fraction of sp³-hybridized carbons (Fsp3) is 0.381. The number of hydrogen-bond donors (Lipinski definition) is 2. The Kier molecular flexibility index (Phi) is 8.08. The highest BCUT2D eigenvalue weighted by molar-refractivity contribution is 5.92. The zero-order chi connectivity index (χ0) is 19.2. The summed E-state index contributed by atoms with van der Waals surface area (Å²) in [5.41, 5.74) is 1.35. The first-order valence-corrected chi connectivity index (χ1v) is 9.18. The summed E-state index contributed by atoms with van der Waals surface area (Å²) in [5, 5.41) is 6.07. The van der Waals surface area contributed by atoms with E-state index in [1.165, 1.54) is 18.2 Å². The van der Waals surface area contributed by atoms with Crippen LogP contribution in [0.5, 0.6) is 17.2 Å². The number of rotatable bonds is 7. The average Bonchev–Trinajstić information content (AvgIpc) is 3.17. The zero-order valence-electron chi connectivity index (χ0n) is 16.1. The van der Waals surface area contributed by atoms with Gasteiger partial charge in [-0.2, -0.15) is 0 Å². The van der Waals surface area contributed by atoms with Crippen molar-refractivity contribution in [2.75, 3.05) is 25.5 Å². The maximum atomic E-state index is 13.7. The van der Waals surface area contributed by atoms with Gasteiger partial charge >= 0.3 is 0 Å². The number of carbonyl (C=O) groups excluding carboxylic acids is 1. The first-order valence-electron chi connectivity index (χ1n) is 9.18. The van der Waals surface area contributed by atoms with E-state index in [2.05, 4.69) is 10.6 Å². The number of benzene rings is 2. The lowest BCUT2D eigenvalue weighted by Gasteiger charge is -2.15. The number of aryl methyl sites for hydroxylation is 1. The Hall–Kier alpha value is -2.31. The summed E-state index contributed by atoms with van der Waals surface area (Å²) in [6.07, 6.45) is 2.31. The van der Waals surface area contributed by atoms with Gasteiger partial charge in [-0.25, -0.2) is 4.39 Å². The predicted molar refractivity (Wildman–Crippen MR) is 110 cm³/mol. The molecule has 0 aliphatic carbocycles. The molecule has 0 saturated carbocycles. The molecule has 1 unspecified atom stereocenters. The van der Waals surface area contributed by atoms with E-state index in [4.69, 9.17) is 9.47 Å². The highest BCUT2D eigenvalue weighted by Gasteiger charge is 2.17. The molecule has 2 aromatic carbocycles. The SMILES string of the molecule is COc1cc(C)ccc1Oc1ccc(F)cc1NC(=O)CCC1CCNC1.Cl. The Morgan fingerprint density at radius 2 is 2.00 bits per heavy atom. The molecule has 0 bridgehead atoms. The molecule has 7 heteroatoms. The number of carbonyl (C=O) groups is 1. The molecular formula is C21H26ClFN2O3. The molecule has 1 heterocycles. The number of hydrogen-bond acceptors (Lipinski definition) is 4. The van der Waals surface area contributed by atoms with E-state index in [0.717, 1.165) is 31.5 Å². The number of halogens is 2. The minimum atomic E-state index is -0.437. The monoisotopic (exact) mass is 408 g/mol. The van der Waals surface area contributed by atoms with Crippen LogP contribution >= 0.6 is 12.4 Å². The van der Waals surface area contributed by atoms with Crippen LogP contribution in [0.25, 0.3) is 0 Å². The third-order valence-electron chi connectivity index (χ3n) is 4.70. The van der Waals surface area contributed by atoms with Crippen molar-refractivity contribution in [2.45, 2.75) is 26.2 Å². The number of anilines is 1. The van der Waals surface area contributed by atoms with Crippen LogP contribution in [-0.4, -0.2) is 26.1 Å². The second kappa shape index (κ2) is 10.3. The zero-order valence-corrected chi connectivity index (χ0v) is 16.9. The minimum absolute atomic E-state index is 0. The van der Waals surface area contributed by atoms with E-state index in [1.807, 2.05) is 19.1 Å². The quantitative estimate of drug-likeness (QED) is 0.698. The molecule has 1 saturated heterocycles. The second-order valence-corrected chi connectivity index (χ2v) is 6.84. The van der Waals surface area contributed by atoms with Crippen molar-refractivity contribution in [2.24, 2.45) is 5.92 Å². The third kappa shape index (κ3) is 5.84. The number of methoxy groups -OCH3 is 1. The topological polar surface area (TPSA) is 59.6 Å². The van der Waals surface area contributed by atoms with Gasteiger partial charge < -0.3 is 20.1 Å². The van der Waals surface area contributed by atoms with Crippen LogP contribution in [-0.2, 0) is 4.79 Å². The minimum Gasteiger partial charge on any atom is -0.493 e. The summed E-state index contributed by atoms with van der Waals surface area (Å²) in [4.78, 5) is 12.3. The molecule has 0 radical (unpaired) electrons. The molecule has 28 heavy (non-hydrogen) atoms. The molecular weight excluding hydrogens is 383 g/mol. The van der Waals surface area contributed by atoms with Crippen molar-refractivity contribution in [3.63, 3.8) is 0 Å². The van der Waals surface area contributed by atoms with Crippen LogP contribution in [0.3, 0.4) is 0 Å². The molecule has 3 rings (SSSR count). The Morgan fingerprint density at radius 3 is 2.71 bits per heavy atom. The molecule has 152 valence electrons. The summed E-state index contributed by atoms with van der Waals surface area (Å²) in [6.45, 7) is 3.91. The largest absolute Gasteiger partial charge is 0.493 e. The normalized spacial score (nSPS) is 15.6. The first-order chi connectivity index (χ1) is 13.0. The Balaban J connectivity index is 0.00000280. The Labute approximate surface area is 171 Å². The van der Waals surface area contributed by atoms with Gasteiger partial charge in [0.1, 0.15) is 5.82 Å². The lowest BCUT2D eigenvalue weighted by Crippen LogP contribution is -2.15. The highest BCUT2D eigenvalue weighted by atomic mass is 35.5. The van der Waals surface area contributed by atoms with Crippen molar-refractivity contribution in [1.82, 2.24) is 5.32 Å². The van der Waals surface area contributed by atoms with E-state index in [1.54, 1.807) is 13.2 Å². The van der Waals surface area contributed by atoms with Crippen molar-refractivity contribution in [1.29, 1.82) is 0 Å². The lowest BCUT2D eigenvalue weighted by atomic mass is 10.0. The molecule has 1 fully saturated rings. The van der Waals surface area contributed by atoms with Crippen molar-refractivity contribution < 1.29 is 18.7 Å². The first kappa shape index (κ1) is 22.0. The molecule has 1 amide bonds. The van der Waals surface area contributed by atoms with E-state index >= 15 is 0 Å². The standard InChI is InChI=1S/C21H25FN2O3.ClH/c1-14-3-6-19(20(11-14)26-2)27-18-7-5-16(22)12-17(18)24-21(25)8-4-15-9-10-23-13-15;/h3,5-7,11-12,15,23H,4,8-10,13H2,1-2H3,(H,24,25);1H. The van der Waals surface area contributed by atoms with E-state index < -0.39 is 5.82 Å². The van der Waals surface area contributed by atoms with E-state index in [9.17, 15) is 9.18 Å². The van der Waals surface area contributed by atoms with Gasteiger partial charge in [-0.15, -0.1) is 12.4 Å². The summed E-state index contributed by atoms with van der Waals surface area (Å²) >= 11 is 0. The molecule has 0 aromatic heterocycles. The molecule has 1 atom stereocenters. The van der Waals surface area contributed by atoms with Crippen LogP contribution in [0.1, 0.15) is 24.8 Å². The Morgan fingerprint density at radius 1 is 1.21 bits per heavy atom. The van der Waals surface area contributed by atoms with Crippen LogP contribution < -0.4 is 20.1 Å². The second-order valence-electron chi connectivity index (χ2n) is 6.84. The van der Waals surface area contributed by atoms with Gasteiger partial charge in [-0.3, -0.25) is 4.79 Å². The summed E-state index contributed by atoms with van der Waals surface area (Å²) in [6, 6.07) is 9.62. The van der Waals surface area contributed by atoms with Crippen LogP contribution in [0.2, 0.25) is 0 Å². The van der Waals surface area contributed by atoms with Gasteiger partial charge in [0.25, 0.3) is 0 Å². The van der Waals surface area contributed by atoms with Crippen LogP contribution in [0.15, 0.2) is 36.4 Å². The molecule has 2 N–H and O–H groups in total. The van der Waals surface area contributed by atoms with Gasteiger partial charge in [-0.1, -0.05) is 6.07 Å². The summed E-state index contributed by atoms with van der Waals surface area (Å²) < 4.78 is 25.0. The van der Waals surface area contributed by atoms with E-state index in [-0.39, 0.29) is 18.3 Å². The fourth-order valence-electron chi connectivity index (χ4n) is 3.18. The van der Waals surface area contributed by atoms with Crippen LogP contribution in [0.4, 0.5) is 10.1 Å². The molecule has 5 nitrogen and oxygen atoms in total. The van der Waals surface area contributed by atoms with Gasteiger partial charge in [0.05, 0.1) is 12.8 Å². The predicted octanol–water partition coefficient (Wildman–Crippen LogP) is 4.69. The number of ether oxygens (including phenoxy) is 2. The van der Waals surface area contributed by atoms with E-state index in [0.29, 0.717) is 35.3 Å². The lowest BCUT2D eigenvalue weighted by molar-refractivity contribution is -0.116. The fourth-order valence-corrected chi connectivity index (χ4v) is 3.18. The average molecular weight is 409 g/mol. The van der Waals surface area contributed by atoms with Crippen molar-refractivity contribution >= 4 is 24.0 Å². The van der Waals surface area contributed by atoms with Crippen molar-refractivity contribution in [3.05, 3.63) is 47.8 Å². The molecule has 1 aliphatic heterocycles. The Bertz CT molecular complexity index is 810. The molecule has 2 aromatic rings. The summed E-state index contributed by atoms with van der Waals surface area (Å²) in [7, 11) is 1.56. The van der Waals surface area contributed by atoms with Gasteiger partial charge in [-0.05, 0) is 68.6 Å². The number of nitrogens with one attached hydrogen (secondary N) is 2. The van der Waals surface area contributed by atoms with Gasteiger partial charge in [0.15, 0.2) is 17.2 Å². The maximum absolute atomic E-state index is 13.7. The van der Waals surface area contributed by atoms with Crippen LogP contribution in [0, 0.1) is 18.7 Å². The summed E-state index contributed by atoms with van der Waals surface area (Å²) in [5.74, 6) is 1.39. The number of amides is 1. The molecule has 0 spiro atoms. The van der Waals surface area contributed by atoms with Gasteiger partial charge in [0.2, 0.25) is 5.91 Å². The third-order valence-corrected chi connectivity index (χ3v) is 4.70. The van der Waals surface area contributed by atoms with Crippen molar-refractivity contribution in [3.8, 4) is 17.2 Å². The maximum Gasteiger partial charge on any atom is 0.224 e. The van der Waals surface area contributed by atoms with Gasteiger partial charge in [0, 0.05) is 12.5 Å². The molecule has 1 aliphatic rings. The smallest absolute Gasteiger partial charge is 0.224 e. The highest BCUT2D eigenvalue weighted by Crippen LogP contribution is 2.36.